The fourth-order valence-corrected chi connectivity index (χ4v) is 3.00. The second kappa shape index (κ2) is 7.85. The van der Waals surface area contributed by atoms with Gasteiger partial charge in [-0.2, -0.15) is 0 Å². The molecule has 1 amide bonds. The van der Waals surface area contributed by atoms with Gasteiger partial charge in [0.25, 0.3) is 0 Å². The standard InChI is InChI=1S/C20H22N2O3/c1-25-19-9-5-8-18-17(19)10-11-22(18)13-20(24)21-16(14-23)12-15-6-3-2-4-7-15/h2-11,16,23H,12-14H2,1H3,(H,21,24). The predicted octanol–water partition coefficient (Wildman–Crippen LogP) is 2.37. The number of aliphatic hydroxyl groups is 1. The molecule has 1 aromatic heterocycles. The van der Waals surface area contributed by atoms with Crippen molar-refractivity contribution in [2.24, 2.45) is 0 Å². The van der Waals surface area contributed by atoms with Gasteiger partial charge in [-0.05, 0) is 30.2 Å². The molecular formula is C20H22N2O3. The Bertz CT molecular complexity index is 843. The van der Waals surface area contributed by atoms with Gasteiger partial charge >= 0.3 is 0 Å². The minimum atomic E-state index is -0.300. The van der Waals surface area contributed by atoms with Crippen LogP contribution in [-0.4, -0.2) is 35.3 Å². The lowest BCUT2D eigenvalue weighted by Crippen LogP contribution is -2.40. The van der Waals surface area contributed by atoms with Crippen molar-refractivity contribution in [1.82, 2.24) is 9.88 Å². The van der Waals surface area contributed by atoms with Crippen LogP contribution in [0.2, 0.25) is 0 Å². The number of fused-ring (bicyclic) bond motifs is 1. The first kappa shape index (κ1) is 17.0. The highest BCUT2D eigenvalue weighted by atomic mass is 16.5. The van der Waals surface area contributed by atoms with E-state index in [1.54, 1.807) is 7.11 Å². The van der Waals surface area contributed by atoms with Gasteiger partial charge in [-0.15, -0.1) is 0 Å². The van der Waals surface area contributed by atoms with Crippen molar-refractivity contribution in [3.63, 3.8) is 0 Å². The Labute approximate surface area is 146 Å². The van der Waals surface area contributed by atoms with Crippen molar-refractivity contribution in [2.45, 2.75) is 19.0 Å². The number of nitrogens with one attached hydrogen (secondary N) is 1. The van der Waals surface area contributed by atoms with Crippen molar-refractivity contribution in [2.75, 3.05) is 13.7 Å². The van der Waals surface area contributed by atoms with E-state index in [4.69, 9.17) is 4.74 Å². The van der Waals surface area contributed by atoms with E-state index < -0.39 is 0 Å². The fraction of sp³-hybridized carbons (Fsp3) is 0.250. The maximum Gasteiger partial charge on any atom is 0.240 e. The first-order valence-corrected chi connectivity index (χ1v) is 8.27. The molecule has 0 aliphatic rings. The average molecular weight is 338 g/mol. The molecule has 0 aliphatic carbocycles. The van der Waals surface area contributed by atoms with Gasteiger partial charge in [0.15, 0.2) is 0 Å². The van der Waals surface area contributed by atoms with Crippen molar-refractivity contribution in [3.8, 4) is 5.75 Å². The van der Waals surface area contributed by atoms with Gasteiger partial charge in [-0.3, -0.25) is 4.79 Å². The van der Waals surface area contributed by atoms with E-state index in [-0.39, 0.29) is 25.1 Å². The Morgan fingerprint density at radius 3 is 2.68 bits per heavy atom. The molecule has 0 radical (unpaired) electrons. The van der Waals surface area contributed by atoms with E-state index in [0.717, 1.165) is 22.2 Å². The van der Waals surface area contributed by atoms with E-state index >= 15 is 0 Å². The van der Waals surface area contributed by atoms with Gasteiger partial charge < -0.3 is 19.7 Å². The molecule has 0 fully saturated rings. The number of carbonyl (C=O) groups excluding carboxylic acids is 1. The Hall–Kier alpha value is -2.79. The summed E-state index contributed by atoms with van der Waals surface area (Å²) < 4.78 is 7.23. The first-order chi connectivity index (χ1) is 12.2. The normalized spacial score (nSPS) is 12.1. The number of benzene rings is 2. The summed E-state index contributed by atoms with van der Waals surface area (Å²) in [4.78, 5) is 12.4. The average Bonchev–Trinajstić information content (AvgIpc) is 3.05. The number of hydrogen-bond donors (Lipinski definition) is 2. The topological polar surface area (TPSA) is 63.5 Å². The van der Waals surface area contributed by atoms with Crippen molar-refractivity contribution < 1.29 is 14.6 Å². The number of aliphatic hydroxyl groups excluding tert-OH is 1. The van der Waals surface area contributed by atoms with Gasteiger partial charge in [0.1, 0.15) is 12.3 Å². The van der Waals surface area contributed by atoms with E-state index in [1.165, 1.54) is 0 Å². The summed E-state index contributed by atoms with van der Waals surface area (Å²) in [5, 5.41) is 13.4. The molecule has 5 nitrogen and oxygen atoms in total. The van der Waals surface area contributed by atoms with Crippen LogP contribution < -0.4 is 10.1 Å². The van der Waals surface area contributed by atoms with Crippen LogP contribution in [0.15, 0.2) is 60.8 Å². The monoisotopic (exact) mass is 338 g/mol. The minimum absolute atomic E-state index is 0.0963. The number of hydrogen-bond acceptors (Lipinski definition) is 3. The smallest absolute Gasteiger partial charge is 0.240 e. The molecule has 2 aromatic carbocycles. The molecule has 5 heteroatoms. The number of ether oxygens (including phenoxy) is 1. The zero-order valence-electron chi connectivity index (χ0n) is 14.2. The van der Waals surface area contributed by atoms with Crippen molar-refractivity contribution in [3.05, 3.63) is 66.4 Å². The Morgan fingerprint density at radius 2 is 1.96 bits per heavy atom. The van der Waals surface area contributed by atoms with Crippen LogP contribution in [0.5, 0.6) is 5.75 Å². The van der Waals surface area contributed by atoms with Gasteiger partial charge in [0.05, 0.1) is 25.3 Å². The van der Waals surface area contributed by atoms with Gasteiger partial charge in [0, 0.05) is 11.6 Å². The Kier molecular flexibility index (Phi) is 5.36. The van der Waals surface area contributed by atoms with Crippen LogP contribution in [-0.2, 0) is 17.8 Å². The van der Waals surface area contributed by atoms with Gasteiger partial charge in [0.2, 0.25) is 5.91 Å². The molecule has 25 heavy (non-hydrogen) atoms. The summed E-state index contributed by atoms with van der Waals surface area (Å²) in [6.07, 6.45) is 2.47. The maximum atomic E-state index is 12.4. The largest absolute Gasteiger partial charge is 0.496 e. The number of amides is 1. The summed E-state index contributed by atoms with van der Waals surface area (Å²) in [6.45, 7) is 0.100. The van der Waals surface area contributed by atoms with Gasteiger partial charge in [-0.25, -0.2) is 0 Å². The Balaban J connectivity index is 1.67. The molecule has 130 valence electrons. The quantitative estimate of drug-likeness (QED) is 0.695. The number of carbonyl (C=O) groups is 1. The van der Waals surface area contributed by atoms with Crippen LogP contribution in [0.3, 0.4) is 0 Å². The number of nitrogens with zero attached hydrogens (tertiary/aromatic N) is 1. The van der Waals surface area contributed by atoms with Crippen LogP contribution >= 0.6 is 0 Å². The molecule has 0 saturated carbocycles. The van der Waals surface area contributed by atoms with Crippen LogP contribution in [0, 0.1) is 0 Å². The second-order valence-electron chi connectivity index (χ2n) is 5.97. The SMILES string of the molecule is COc1cccc2c1ccn2CC(=O)NC(CO)Cc1ccccc1. The second-order valence-corrected chi connectivity index (χ2v) is 5.97. The van der Waals surface area contributed by atoms with E-state index in [9.17, 15) is 9.90 Å². The summed E-state index contributed by atoms with van der Waals surface area (Å²) in [7, 11) is 1.63. The van der Waals surface area contributed by atoms with E-state index in [1.807, 2.05) is 65.4 Å². The van der Waals surface area contributed by atoms with Gasteiger partial charge in [-0.1, -0.05) is 36.4 Å². The molecule has 0 saturated heterocycles. The summed E-state index contributed by atoms with van der Waals surface area (Å²) in [5.41, 5.74) is 2.02. The fourth-order valence-electron chi connectivity index (χ4n) is 3.00. The lowest BCUT2D eigenvalue weighted by atomic mass is 10.1. The zero-order chi connectivity index (χ0) is 17.6. The highest BCUT2D eigenvalue weighted by molar-refractivity contribution is 5.88. The molecule has 1 unspecified atom stereocenters. The van der Waals surface area contributed by atoms with Crippen LogP contribution in [0.4, 0.5) is 0 Å². The third kappa shape index (κ3) is 4.00. The third-order valence-electron chi connectivity index (χ3n) is 4.22. The molecule has 0 aliphatic heterocycles. The molecule has 0 bridgehead atoms. The molecule has 1 heterocycles. The molecular weight excluding hydrogens is 316 g/mol. The molecule has 2 N–H and O–H groups in total. The number of aromatic nitrogens is 1. The highest BCUT2D eigenvalue weighted by Gasteiger charge is 2.14. The zero-order valence-corrected chi connectivity index (χ0v) is 14.2. The predicted molar refractivity (Wildman–Crippen MR) is 97.7 cm³/mol. The molecule has 0 spiro atoms. The Morgan fingerprint density at radius 1 is 1.16 bits per heavy atom. The van der Waals surface area contributed by atoms with E-state index in [2.05, 4.69) is 5.32 Å². The summed E-state index contributed by atoms with van der Waals surface area (Å²) >= 11 is 0. The third-order valence-corrected chi connectivity index (χ3v) is 4.22. The number of methoxy groups -OCH3 is 1. The highest BCUT2D eigenvalue weighted by Crippen LogP contribution is 2.26. The maximum absolute atomic E-state index is 12.4. The lowest BCUT2D eigenvalue weighted by Gasteiger charge is -2.17. The van der Waals surface area contributed by atoms with Crippen molar-refractivity contribution >= 4 is 16.8 Å². The van der Waals surface area contributed by atoms with Crippen LogP contribution in [0.1, 0.15) is 5.56 Å². The van der Waals surface area contributed by atoms with Crippen LogP contribution in [0.25, 0.3) is 10.9 Å². The van der Waals surface area contributed by atoms with E-state index in [0.29, 0.717) is 6.42 Å². The molecule has 3 rings (SSSR count). The minimum Gasteiger partial charge on any atom is -0.496 e. The molecule has 1 atom stereocenters. The lowest BCUT2D eigenvalue weighted by molar-refractivity contribution is -0.122. The summed E-state index contributed by atoms with van der Waals surface area (Å²) in [5.74, 6) is 0.657. The number of rotatable bonds is 7. The molecule has 3 aromatic rings. The first-order valence-electron chi connectivity index (χ1n) is 8.27. The van der Waals surface area contributed by atoms with Crippen molar-refractivity contribution in [1.29, 1.82) is 0 Å². The summed E-state index contributed by atoms with van der Waals surface area (Å²) in [6, 6.07) is 17.2.